The summed E-state index contributed by atoms with van der Waals surface area (Å²) < 4.78 is 0. The number of hydrogen-bond donors (Lipinski definition) is 0. The summed E-state index contributed by atoms with van der Waals surface area (Å²) in [7, 11) is 0. The summed E-state index contributed by atoms with van der Waals surface area (Å²) in [5, 5.41) is 0. The Hall–Kier alpha value is -0.780. The van der Waals surface area contributed by atoms with Crippen molar-refractivity contribution in [3.05, 3.63) is 41.3 Å². The van der Waals surface area contributed by atoms with Crippen LogP contribution < -0.4 is 0 Å². The first kappa shape index (κ1) is 9.76. The van der Waals surface area contributed by atoms with Crippen LogP contribution in [0.25, 0.3) is 0 Å². The molecule has 0 aromatic heterocycles. The molecule has 0 N–H and O–H groups in total. The van der Waals surface area contributed by atoms with Gasteiger partial charge in [-0.25, -0.2) is 0 Å². The van der Waals surface area contributed by atoms with Crippen LogP contribution in [-0.2, 0) is 6.42 Å². The van der Waals surface area contributed by atoms with Gasteiger partial charge in [0.2, 0.25) is 0 Å². The molecule has 1 radical (unpaired) electrons. The SMILES string of the molecule is Cc1ccc(C[C]2CCCCC2)cc1. The second-order valence-corrected chi connectivity index (χ2v) is 4.47. The molecule has 0 atom stereocenters. The first-order valence-corrected chi connectivity index (χ1v) is 5.74. The van der Waals surface area contributed by atoms with Gasteiger partial charge in [-0.3, -0.25) is 0 Å². The normalized spacial score (nSPS) is 18.4. The van der Waals surface area contributed by atoms with E-state index in [0.29, 0.717) is 0 Å². The zero-order valence-electron chi connectivity index (χ0n) is 9.05. The van der Waals surface area contributed by atoms with Crippen molar-refractivity contribution in [2.75, 3.05) is 0 Å². The summed E-state index contributed by atoms with van der Waals surface area (Å²) in [5.74, 6) is 1.76. The Morgan fingerprint density at radius 2 is 1.57 bits per heavy atom. The van der Waals surface area contributed by atoms with Gasteiger partial charge in [-0.15, -0.1) is 0 Å². The fourth-order valence-corrected chi connectivity index (χ4v) is 2.22. The smallest absolute Gasteiger partial charge is 0.0197 e. The van der Waals surface area contributed by atoms with E-state index in [-0.39, 0.29) is 0 Å². The van der Waals surface area contributed by atoms with Crippen molar-refractivity contribution in [2.24, 2.45) is 0 Å². The van der Waals surface area contributed by atoms with Gasteiger partial charge < -0.3 is 0 Å². The lowest BCUT2D eigenvalue weighted by Crippen LogP contribution is -2.06. The summed E-state index contributed by atoms with van der Waals surface area (Å²) in [6.45, 7) is 2.15. The lowest BCUT2D eigenvalue weighted by atomic mass is 9.85. The highest BCUT2D eigenvalue weighted by atomic mass is 14.2. The number of benzene rings is 1. The summed E-state index contributed by atoms with van der Waals surface area (Å²) in [6.07, 6.45) is 8.24. The van der Waals surface area contributed by atoms with E-state index in [0.717, 1.165) is 0 Å². The molecular formula is C14H19. The molecule has 1 saturated carbocycles. The van der Waals surface area contributed by atoms with E-state index in [9.17, 15) is 0 Å². The maximum absolute atomic E-state index is 2.27. The van der Waals surface area contributed by atoms with E-state index in [2.05, 4.69) is 31.2 Å². The second kappa shape index (κ2) is 4.63. The number of aryl methyl sites for hydroxylation is 1. The Balaban J connectivity index is 1.92. The van der Waals surface area contributed by atoms with E-state index in [1.807, 2.05) is 0 Å². The van der Waals surface area contributed by atoms with Crippen LogP contribution in [0, 0.1) is 12.8 Å². The molecule has 1 aromatic rings. The van der Waals surface area contributed by atoms with Crippen LogP contribution in [0.2, 0.25) is 0 Å². The van der Waals surface area contributed by atoms with Crippen molar-refractivity contribution in [3.63, 3.8) is 0 Å². The van der Waals surface area contributed by atoms with Crippen molar-refractivity contribution in [3.8, 4) is 0 Å². The zero-order valence-corrected chi connectivity index (χ0v) is 9.05. The van der Waals surface area contributed by atoms with Crippen LogP contribution >= 0.6 is 0 Å². The lowest BCUT2D eigenvalue weighted by molar-refractivity contribution is 0.520. The van der Waals surface area contributed by atoms with Crippen LogP contribution in [-0.4, -0.2) is 0 Å². The fraction of sp³-hybridized carbons (Fsp3) is 0.500. The number of hydrogen-bond acceptors (Lipinski definition) is 0. The minimum absolute atomic E-state index is 1.22. The summed E-state index contributed by atoms with van der Waals surface area (Å²) in [5.41, 5.74) is 2.86. The van der Waals surface area contributed by atoms with Crippen LogP contribution in [0.3, 0.4) is 0 Å². The zero-order chi connectivity index (χ0) is 9.80. The Morgan fingerprint density at radius 1 is 0.929 bits per heavy atom. The largest absolute Gasteiger partial charge is 0.0591 e. The molecule has 1 aromatic carbocycles. The molecular weight excluding hydrogens is 168 g/mol. The third kappa shape index (κ3) is 2.60. The molecule has 0 spiro atoms. The Labute approximate surface area is 87.3 Å². The number of rotatable bonds is 2. The maximum atomic E-state index is 2.27. The molecule has 0 nitrogen and oxygen atoms in total. The lowest BCUT2D eigenvalue weighted by Gasteiger charge is -2.20. The highest BCUT2D eigenvalue weighted by molar-refractivity contribution is 5.24. The predicted octanol–water partition coefficient (Wildman–Crippen LogP) is 4.08. The van der Waals surface area contributed by atoms with Gasteiger partial charge in [0.1, 0.15) is 0 Å². The summed E-state index contributed by atoms with van der Waals surface area (Å²) in [4.78, 5) is 0. The second-order valence-electron chi connectivity index (χ2n) is 4.47. The maximum Gasteiger partial charge on any atom is -0.0197 e. The molecule has 0 heteroatoms. The van der Waals surface area contributed by atoms with E-state index in [4.69, 9.17) is 0 Å². The van der Waals surface area contributed by atoms with Gasteiger partial charge in [0.25, 0.3) is 0 Å². The Bertz CT molecular complexity index is 265. The van der Waals surface area contributed by atoms with Crippen molar-refractivity contribution in [1.29, 1.82) is 0 Å². The molecule has 0 bridgehead atoms. The van der Waals surface area contributed by atoms with Crippen molar-refractivity contribution in [1.82, 2.24) is 0 Å². The van der Waals surface area contributed by atoms with Crippen molar-refractivity contribution < 1.29 is 0 Å². The van der Waals surface area contributed by atoms with Gasteiger partial charge >= 0.3 is 0 Å². The van der Waals surface area contributed by atoms with Crippen LogP contribution in [0.5, 0.6) is 0 Å². The van der Waals surface area contributed by atoms with Gasteiger partial charge in [-0.1, -0.05) is 49.1 Å². The minimum atomic E-state index is 1.22. The molecule has 2 rings (SSSR count). The third-order valence-electron chi connectivity index (χ3n) is 3.14. The quantitative estimate of drug-likeness (QED) is 0.654. The van der Waals surface area contributed by atoms with E-state index in [1.165, 1.54) is 49.7 Å². The van der Waals surface area contributed by atoms with Crippen LogP contribution in [0.4, 0.5) is 0 Å². The Morgan fingerprint density at radius 3 is 2.21 bits per heavy atom. The predicted molar refractivity (Wildman–Crippen MR) is 61.2 cm³/mol. The first-order chi connectivity index (χ1) is 6.84. The van der Waals surface area contributed by atoms with E-state index in [1.54, 1.807) is 5.92 Å². The fourth-order valence-electron chi connectivity index (χ4n) is 2.22. The van der Waals surface area contributed by atoms with E-state index < -0.39 is 0 Å². The Kier molecular flexibility index (Phi) is 3.23. The van der Waals surface area contributed by atoms with Gasteiger partial charge in [0, 0.05) is 0 Å². The molecule has 0 heterocycles. The molecule has 1 aliphatic carbocycles. The first-order valence-electron chi connectivity index (χ1n) is 5.74. The highest BCUT2D eigenvalue weighted by Crippen LogP contribution is 2.28. The van der Waals surface area contributed by atoms with Gasteiger partial charge in [0.15, 0.2) is 0 Å². The molecule has 14 heavy (non-hydrogen) atoms. The third-order valence-corrected chi connectivity index (χ3v) is 3.14. The van der Waals surface area contributed by atoms with E-state index >= 15 is 0 Å². The molecule has 0 unspecified atom stereocenters. The van der Waals surface area contributed by atoms with Gasteiger partial charge in [-0.05, 0) is 37.7 Å². The van der Waals surface area contributed by atoms with Gasteiger partial charge in [-0.2, -0.15) is 0 Å². The van der Waals surface area contributed by atoms with Crippen LogP contribution in [0.1, 0.15) is 43.2 Å². The molecule has 0 saturated heterocycles. The van der Waals surface area contributed by atoms with Crippen molar-refractivity contribution in [2.45, 2.75) is 45.4 Å². The topological polar surface area (TPSA) is 0 Å². The molecule has 0 amide bonds. The summed E-state index contributed by atoms with van der Waals surface area (Å²) in [6, 6.07) is 8.99. The minimum Gasteiger partial charge on any atom is -0.0591 e. The standard InChI is InChI=1S/C14H19/c1-12-7-9-14(10-8-12)11-13-5-3-2-4-6-13/h7-10H,2-6,11H2,1H3. The molecule has 1 fully saturated rings. The average molecular weight is 187 g/mol. The molecule has 1 aliphatic rings. The molecule has 75 valence electrons. The molecule has 0 aliphatic heterocycles. The summed E-state index contributed by atoms with van der Waals surface area (Å²) >= 11 is 0. The average Bonchev–Trinajstić information content (AvgIpc) is 2.23. The highest BCUT2D eigenvalue weighted by Gasteiger charge is 2.13. The van der Waals surface area contributed by atoms with Gasteiger partial charge in [0.05, 0.1) is 0 Å². The van der Waals surface area contributed by atoms with Crippen molar-refractivity contribution >= 4 is 0 Å². The monoisotopic (exact) mass is 187 g/mol. The van der Waals surface area contributed by atoms with Crippen LogP contribution in [0.15, 0.2) is 24.3 Å².